The van der Waals surface area contributed by atoms with Gasteiger partial charge in [0.05, 0.1) is 11.8 Å². The van der Waals surface area contributed by atoms with Gasteiger partial charge in [-0.1, -0.05) is 30.3 Å². The normalized spacial score (nSPS) is 20.7. The van der Waals surface area contributed by atoms with Crippen LogP contribution in [0.2, 0.25) is 0 Å². The van der Waals surface area contributed by atoms with Crippen molar-refractivity contribution in [2.75, 3.05) is 0 Å². The number of hydrazone groups is 1. The Morgan fingerprint density at radius 3 is 2.69 bits per heavy atom. The molecule has 0 fully saturated rings. The van der Waals surface area contributed by atoms with Crippen molar-refractivity contribution < 1.29 is 4.55 Å². The summed E-state index contributed by atoms with van der Waals surface area (Å²) in [6.07, 6.45) is 1.66. The minimum absolute atomic E-state index is 0.887. The molecule has 1 aliphatic heterocycles. The highest BCUT2D eigenvalue weighted by Crippen LogP contribution is 2.15. The van der Waals surface area contributed by atoms with Gasteiger partial charge in [0.1, 0.15) is 11.4 Å². The van der Waals surface area contributed by atoms with E-state index in [1.807, 2.05) is 30.3 Å². The van der Waals surface area contributed by atoms with Crippen LogP contribution < -0.4 is 4.83 Å². The van der Waals surface area contributed by atoms with Crippen molar-refractivity contribution in [2.24, 2.45) is 5.10 Å². The van der Waals surface area contributed by atoms with Gasteiger partial charge in [-0.25, -0.2) is 0 Å². The van der Waals surface area contributed by atoms with E-state index in [0.717, 1.165) is 11.1 Å². The maximum absolute atomic E-state index is 11.1. The molecule has 0 spiro atoms. The number of nitrogens with one attached hydrogen (secondary N) is 1. The van der Waals surface area contributed by atoms with Crippen molar-refractivity contribution in [2.45, 2.75) is 0 Å². The van der Waals surface area contributed by atoms with E-state index < -0.39 is 11.4 Å². The number of nitrogens with zero attached hydrogens (tertiary/aromatic N) is 1. The Kier molecular flexibility index (Phi) is 2.33. The minimum atomic E-state index is -1.18. The molecule has 4 heteroatoms. The average Bonchev–Trinajstić information content (AvgIpc) is 2.19. The highest BCUT2D eigenvalue weighted by atomic mass is 32.2. The summed E-state index contributed by atoms with van der Waals surface area (Å²) >= 11 is -1.18. The Hall–Kier alpha value is -1.26. The van der Waals surface area contributed by atoms with Crippen LogP contribution in [0.5, 0.6) is 0 Å². The standard InChI is InChI=1S/C9H8N2OS/c12-13-7-9(6-10-11-13)8-4-2-1-3-5-8/h1-7,11H. The lowest BCUT2D eigenvalue weighted by molar-refractivity contribution is 0.592. The van der Waals surface area contributed by atoms with Gasteiger partial charge in [0, 0.05) is 0 Å². The molecule has 66 valence electrons. The first-order valence-corrected chi connectivity index (χ1v) is 5.04. The van der Waals surface area contributed by atoms with Gasteiger partial charge in [-0.2, -0.15) is 0 Å². The van der Waals surface area contributed by atoms with E-state index >= 15 is 0 Å². The first kappa shape index (κ1) is 8.34. The van der Waals surface area contributed by atoms with Crippen LogP contribution in [0, 0.1) is 0 Å². The maximum atomic E-state index is 11.1. The number of hydrogen-bond acceptors (Lipinski definition) is 3. The summed E-state index contributed by atoms with van der Waals surface area (Å²) < 4.78 is 11.1. The molecule has 1 heterocycles. The summed E-state index contributed by atoms with van der Waals surface area (Å²) in [7, 11) is 0. The Morgan fingerprint density at radius 2 is 2.00 bits per heavy atom. The van der Waals surface area contributed by atoms with Crippen LogP contribution in [0.15, 0.2) is 40.8 Å². The van der Waals surface area contributed by atoms with Crippen LogP contribution in [0.25, 0.3) is 5.57 Å². The summed E-state index contributed by atoms with van der Waals surface area (Å²) in [5.41, 5.74) is 1.92. The van der Waals surface area contributed by atoms with Gasteiger partial charge in [0.15, 0.2) is 5.41 Å². The fraction of sp³-hybridized carbons (Fsp3) is 0. The molecule has 1 aliphatic rings. The van der Waals surface area contributed by atoms with Crippen molar-refractivity contribution in [1.29, 1.82) is 0 Å². The SMILES string of the molecule is [O-][S+]1C=C(c2ccccc2)C=NN1. The first-order chi connectivity index (χ1) is 6.36. The largest absolute Gasteiger partial charge is 0.587 e. The minimum Gasteiger partial charge on any atom is -0.587 e. The second-order valence-corrected chi connectivity index (χ2v) is 3.60. The van der Waals surface area contributed by atoms with Gasteiger partial charge in [-0.05, 0) is 5.56 Å². The van der Waals surface area contributed by atoms with Crippen LogP contribution in [0.1, 0.15) is 5.56 Å². The summed E-state index contributed by atoms with van der Waals surface area (Å²) in [5, 5.41) is 5.41. The van der Waals surface area contributed by atoms with Crippen molar-refractivity contribution >= 4 is 23.1 Å². The van der Waals surface area contributed by atoms with Crippen molar-refractivity contribution in [1.82, 2.24) is 4.83 Å². The predicted molar refractivity (Wildman–Crippen MR) is 54.2 cm³/mol. The zero-order chi connectivity index (χ0) is 9.10. The predicted octanol–water partition coefficient (Wildman–Crippen LogP) is 1.28. The van der Waals surface area contributed by atoms with E-state index in [1.165, 1.54) is 0 Å². The Balaban J connectivity index is 2.32. The number of benzene rings is 1. The quantitative estimate of drug-likeness (QED) is 0.681. The highest BCUT2D eigenvalue weighted by molar-refractivity contribution is 7.92. The Bertz CT molecular complexity index is 348. The number of allylic oxidation sites excluding steroid dienone is 1. The van der Waals surface area contributed by atoms with Gasteiger partial charge in [-0.3, -0.25) is 0 Å². The average molecular weight is 192 g/mol. The third-order valence-electron chi connectivity index (χ3n) is 1.69. The zero-order valence-corrected chi connectivity index (χ0v) is 7.62. The first-order valence-electron chi connectivity index (χ1n) is 3.83. The van der Waals surface area contributed by atoms with Crippen LogP contribution >= 0.6 is 0 Å². The zero-order valence-electron chi connectivity index (χ0n) is 6.81. The monoisotopic (exact) mass is 192 g/mol. The lowest BCUT2D eigenvalue weighted by Gasteiger charge is -2.09. The van der Waals surface area contributed by atoms with Crippen LogP contribution in [0.4, 0.5) is 0 Å². The van der Waals surface area contributed by atoms with Gasteiger partial charge in [-0.15, -0.1) is 9.93 Å². The topological polar surface area (TPSA) is 47.5 Å². The number of rotatable bonds is 1. The van der Waals surface area contributed by atoms with Gasteiger partial charge in [0.2, 0.25) is 0 Å². The van der Waals surface area contributed by atoms with Gasteiger partial charge >= 0.3 is 0 Å². The molecule has 0 aliphatic carbocycles. The van der Waals surface area contributed by atoms with E-state index in [4.69, 9.17) is 0 Å². The number of hydrogen-bond donors (Lipinski definition) is 1. The molecule has 1 aromatic rings. The molecule has 0 saturated carbocycles. The Morgan fingerprint density at radius 1 is 1.23 bits per heavy atom. The molecule has 0 radical (unpaired) electrons. The lowest BCUT2D eigenvalue weighted by Crippen LogP contribution is -2.19. The maximum Gasteiger partial charge on any atom is 0.155 e. The van der Waals surface area contributed by atoms with Crippen LogP contribution in [0.3, 0.4) is 0 Å². The van der Waals surface area contributed by atoms with E-state index in [2.05, 4.69) is 9.93 Å². The summed E-state index contributed by atoms with van der Waals surface area (Å²) in [6.45, 7) is 0. The molecule has 1 unspecified atom stereocenters. The van der Waals surface area contributed by atoms with Gasteiger partial charge < -0.3 is 4.55 Å². The second kappa shape index (κ2) is 3.64. The Labute approximate surface area is 79.5 Å². The molecule has 13 heavy (non-hydrogen) atoms. The van der Waals surface area contributed by atoms with Crippen molar-refractivity contribution in [3.8, 4) is 0 Å². The fourth-order valence-corrected chi connectivity index (χ4v) is 1.73. The summed E-state index contributed by atoms with van der Waals surface area (Å²) in [6, 6.07) is 9.74. The molecule has 3 nitrogen and oxygen atoms in total. The van der Waals surface area contributed by atoms with E-state index in [-0.39, 0.29) is 0 Å². The molecule has 0 amide bonds. The summed E-state index contributed by atoms with van der Waals surface area (Å²) in [5.74, 6) is 0. The smallest absolute Gasteiger partial charge is 0.155 e. The molecule has 2 rings (SSSR count). The molecule has 0 bridgehead atoms. The van der Waals surface area contributed by atoms with Crippen LogP contribution in [-0.2, 0) is 11.4 Å². The fourth-order valence-electron chi connectivity index (χ4n) is 1.09. The van der Waals surface area contributed by atoms with Gasteiger partial charge in [0.25, 0.3) is 0 Å². The third-order valence-corrected chi connectivity index (χ3v) is 2.44. The third kappa shape index (κ3) is 1.91. The molecule has 1 atom stereocenters. The molecular formula is C9H8N2OS. The second-order valence-electron chi connectivity index (χ2n) is 2.59. The van der Waals surface area contributed by atoms with Crippen LogP contribution in [-0.4, -0.2) is 10.8 Å². The summed E-state index contributed by atoms with van der Waals surface area (Å²) in [4.78, 5) is 2.45. The van der Waals surface area contributed by atoms with E-state index in [9.17, 15) is 4.55 Å². The molecule has 0 saturated heterocycles. The van der Waals surface area contributed by atoms with Crippen molar-refractivity contribution in [3.63, 3.8) is 0 Å². The van der Waals surface area contributed by atoms with Crippen molar-refractivity contribution in [3.05, 3.63) is 41.3 Å². The molecular weight excluding hydrogens is 184 g/mol. The lowest BCUT2D eigenvalue weighted by atomic mass is 10.1. The van der Waals surface area contributed by atoms with E-state index in [1.54, 1.807) is 11.6 Å². The van der Waals surface area contributed by atoms with E-state index in [0.29, 0.717) is 0 Å². The molecule has 0 aromatic heterocycles. The highest BCUT2D eigenvalue weighted by Gasteiger charge is 2.10. The molecule has 1 N–H and O–H groups in total. The molecule has 1 aromatic carbocycles.